The van der Waals surface area contributed by atoms with Crippen molar-refractivity contribution in [3.05, 3.63) is 11.1 Å². The lowest BCUT2D eigenvalue weighted by atomic mass is 9.78. The Morgan fingerprint density at radius 1 is 1.71 bits per heavy atom. The summed E-state index contributed by atoms with van der Waals surface area (Å²) in [6.45, 7) is 5.44. The van der Waals surface area contributed by atoms with E-state index in [2.05, 4.69) is 9.88 Å². The Morgan fingerprint density at radius 3 is 3.00 bits per heavy atom. The number of aliphatic carboxylic acids is 1. The summed E-state index contributed by atoms with van der Waals surface area (Å²) in [5.41, 5.74) is 0.422. The van der Waals surface area contributed by atoms with Crippen molar-refractivity contribution < 1.29 is 9.90 Å². The van der Waals surface area contributed by atoms with Gasteiger partial charge in [0.15, 0.2) is 5.13 Å². The van der Waals surface area contributed by atoms with Crippen molar-refractivity contribution in [2.24, 2.45) is 5.41 Å². The van der Waals surface area contributed by atoms with Crippen molar-refractivity contribution in [1.82, 2.24) is 4.98 Å². The fourth-order valence-corrected chi connectivity index (χ4v) is 3.23. The molecule has 0 bridgehead atoms. The highest BCUT2D eigenvalue weighted by molar-refractivity contribution is 7.13. The van der Waals surface area contributed by atoms with Gasteiger partial charge < -0.3 is 10.0 Å². The second-order valence-corrected chi connectivity index (χ2v) is 5.57. The van der Waals surface area contributed by atoms with Gasteiger partial charge in [0.25, 0.3) is 0 Å². The Bertz CT molecular complexity index is 418. The van der Waals surface area contributed by atoms with Crippen LogP contribution in [0.3, 0.4) is 0 Å². The Labute approximate surface area is 105 Å². The van der Waals surface area contributed by atoms with Crippen molar-refractivity contribution in [2.75, 3.05) is 18.0 Å². The molecule has 0 saturated carbocycles. The van der Waals surface area contributed by atoms with Crippen LogP contribution in [0.4, 0.5) is 5.13 Å². The van der Waals surface area contributed by atoms with E-state index in [1.165, 1.54) is 0 Å². The van der Waals surface area contributed by atoms with Crippen molar-refractivity contribution in [3.63, 3.8) is 0 Å². The molecule has 1 N–H and O–H groups in total. The summed E-state index contributed by atoms with van der Waals surface area (Å²) >= 11 is 1.60. The molecule has 5 heteroatoms. The van der Waals surface area contributed by atoms with Gasteiger partial charge in [-0.3, -0.25) is 4.79 Å². The molecule has 1 aromatic heterocycles. The molecule has 94 valence electrons. The highest BCUT2D eigenvalue weighted by atomic mass is 32.1. The molecule has 1 fully saturated rings. The molecule has 0 radical (unpaired) electrons. The zero-order valence-electron chi connectivity index (χ0n) is 10.3. The second-order valence-electron chi connectivity index (χ2n) is 4.74. The van der Waals surface area contributed by atoms with E-state index in [1.807, 2.05) is 19.2 Å². The number of anilines is 1. The standard InChI is InChI=1S/C12H18N2O2S/c1-3-12(10(15)16)5-4-6-14(8-12)11-13-9(2)7-17-11/h7H,3-6,8H2,1-2H3,(H,15,16). The van der Waals surface area contributed by atoms with E-state index >= 15 is 0 Å². The minimum atomic E-state index is -0.669. The smallest absolute Gasteiger partial charge is 0.311 e. The third-order valence-corrected chi connectivity index (χ3v) is 4.60. The molecule has 0 aromatic carbocycles. The summed E-state index contributed by atoms with van der Waals surface area (Å²) in [5.74, 6) is -0.669. The van der Waals surface area contributed by atoms with Gasteiger partial charge in [0.1, 0.15) is 0 Å². The molecule has 1 saturated heterocycles. The minimum absolute atomic E-state index is 0.585. The number of aryl methyl sites for hydroxylation is 1. The number of rotatable bonds is 3. The van der Waals surface area contributed by atoms with Gasteiger partial charge in [-0.2, -0.15) is 0 Å². The SMILES string of the molecule is CCC1(C(=O)O)CCCN(c2nc(C)cs2)C1. The van der Waals surface area contributed by atoms with Crippen LogP contribution in [-0.4, -0.2) is 29.1 Å². The fraction of sp³-hybridized carbons (Fsp3) is 0.667. The monoisotopic (exact) mass is 254 g/mol. The molecule has 2 rings (SSSR count). The molecule has 2 heterocycles. The Balaban J connectivity index is 2.19. The average Bonchev–Trinajstić information content (AvgIpc) is 2.76. The number of carboxylic acids is 1. The van der Waals surface area contributed by atoms with Crippen LogP contribution < -0.4 is 4.90 Å². The highest BCUT2D eigenvalue weighted by Crippen LogP contribution is 2.36. The van der Waals surface area contributed by atoms with Crippen molar-refractivity contribution in [2.45, 2.75) is 33.1 Å². The van der Waals surface area contributed by atoms with Crippen LogP contribution in [0.25, 0.3) is 0 Å². The van der Waals surface area contributed by atoms with Crippen LogP contribution in [0.1, 0.15) is 31.9 Å². The lowest BCUT2D eigenvalue weighted by Gasteiger charge is -2.39. The maximum absolute atomic E-state index is 11.4. The van der Waals surface area contributed by atoms with Crippen LogP contribution >= 0.6 is 11.3 Å². The molecule has 1 aromatic rings. The molecule has 1 aliphatic rings. The molecule has 1 atom stereocenters. The summed E-state index contributed by atoms with van der Waals surface area (Å²) in [6, 6.07) is 0. The molecule has 0 amide bonds. The van der Waals surface area contributed by atoms with E-state index in [0.29, 0.717) is 13.0 Å². The number of carboxylic acid groups (broad SMARTS) is 1. The van der Waals surface area contributed by atoms with E-state index in [0.717, 1.165) is 30.2 Å². The van der Waals surface area contributed by atoms with Gasteiger partial charge in [-0.05, 0) is 26.2 Å². The van der Waals surface area contributed by atoms with Crippen LogP contribution in [0.5, 0.6) is 0 Å². The van der Waals surface area contributed by atoms with E-state index in [-0.39, 0.29) is 0 Å². The van der Waals surface area contributed by atoms with E-state index in [4.69, 9.17) is 0 Å². The fourth-order valence-electron chi connectivity index (χ4n) is 2.40. The number of thiazole rings is 1. The summed E-state index contributed by atoms with van der Waals surface area (Å²) in [7, 11) is 0. The summed E-state index contributed by atoms with van der Waals surface area (Å²) in [5, 5.41) is 12.4. The maximum atomic E-state index is 11.4. The second kappa shape index (κ2) is 4.64. The number of carbonyl (C=O) groups is 1. The molecular formula is C12H18N2O2S. The Kier molecular flexibility index (Phi) is 3.38. The molecule has 17 heavy (non-hydrogen) atoms. The highest BCUT2D eigenvalue weighted by Gasteiger charge is 2.41. The van der Waals surface area contributed by atoms with E-state index in [1.54, 1.807) is 11.3 Å². The first-order valence-corrected chi connectivity index (χ1v) is 6.86. The Hall–Kier alpha value is -1.10. The lowest BCUT2D eigenvalue weighted by Crippen LogP contribution is -2.47. The summed E-state index contributed by atoms with van der Waals surface area (Å²) in [6.07, 6.45) is 2.39. The number of hydrogen-bond acceptors (Lipinski definition) is 4. The first-order valence-electron chi connectivity index (χ1n) is 5.98. The lowest BCUT2D eigenvalue weighted by molar-refractivity contribution is -0.149. The minimum Gasteiger partial charge on any atom is -0.481 e. The molecular weight excluding hydrogens is 236 g/mol. The van der Waals surface area contributed by atoms with Gasteiger partial charge in [-0.25, -0.2) is 4.98 Å². The van der Waals surface area contributed by atoms with Crippen LogP contribution in [0.15, 0.2) is 5.38 Å². The molecule has 0 aliphatic carbocycles. The number of aromatic nitrogens is 1. The summed E-state index contributed by atoms with van der Waals surface area (Å²) in [4.78, 5) is 18.0. The average molecular weight is 254 g/mol. The zero-order valence-corrected chi connectivity index (χ0v) is 11.1. The van der Waals surface area contributed by atoms with Gasteiger partial charge in [-0.1, -0.05) is 6.92 Å². The maximum Gasteiger partial charge on any atom is 0.311 e. The normalized spacial score (nSPS) is 24.9. The Morgan fingerprint density at radius 2 is 2.47 bits per heavy atom. The third kappa shape index (κ3) is 2.29. The third-order valence-electron chi connectivity index (χ3n) is 3.58. The topological polar surface area (TPSA) is 53.4 Å². The molecule has 0 spiro atoms. The van der Waals surface area contributed by atoms with Crippen LogP contribution in [0.2, 0.25) is 0 Å². The largest absolute Gasteiger partial charge is 0.481 e. The van der Waals surface area contributed by atoms with E-state index in [9.17, 15) is 9.90 Å². The molecule has 1 aliphatic heterocycles. The van der Waals surface area contributed by atoms with Crippen LogP contribution in [0, 0.1) is 12.3 Å². The van der Waals surface area contributed by atoms with E-state index < -0.39 is 11.4 Å². The van der Waals surface area contributed by atoms with Crippen molar-refractivity contribution in [1.29, 1.82) is 0 Å². The first-order chi connectivity index (χ1) is 8.07. The predicted octanol–water partition coefficient (Wildman–Crippen LogP) is 2.53. The van der Waals surface area contributed by atoms with Crippen LogP contribution in [-0.2, 0) is 4.79 Å². The van der Waals surface area contributed by atoms with Gasteiger partial charge in [-0.15, -0.1) is 11.3 Å². The van der Waals surface area contributed by atoms with Gasteiger partial charge in [0.2, 0.25) is 0 Å². The molecule has 1 unspecified atom stereocenters. The number of nitrogens with zero attached hydrogens (tertiary/aromatic N) is 2. The predicted molar refractivity (Wildman–Crippen MR) is 68.7 cm³/mol. The zero-order chi connectivity index (χ0) is 12.5. The number of piperidine rings is 1. The van der Waals surface area contributed by atoms with Crippen molar-refractivity contribution >= 4 is 22.4 Å². The van der Waals surface area contributed by atoms with Crippen molar-refractivity contribution in [3.8, 4) is 0 Å². The van der Waals surface area contributed by atoms with Gasteiger partial charge >= 0.3 is 5.97 Å². The quantitative estimate of drug-likeness (QED) is 0.900. The van der Waals surface area contributed by atoms with Gasteiger partial charge in [0.05, 0.1) is 11.1 Å². The molecule has 4 nitrogen and oxygen atoms in total. The van der Waals surface area contributed by atoms with Gasteiger partial charge in [0, 0.05) is 18.5 Å². The number of hydrogen-bond donors (Lipinski definition) is 1. The first kappa shape index (κ1) is 12.4. The summed E-state index contributed by atoms with van der Waals surface area (Å²) < 4.78 is 0.